The summed E-state index contributed by atoms with van der Waals surface area (Å²) < 4.78 is 51.1. The molecule has 0 radical (unpaired) electrons. The van der Waals surface area contributed by atoms with Gasteiger partial charge in [0.15, 0.2) is 23.5 Å². The molecule has 2 aromatic heterocycles. The monoisotopic (exact) mass is 551 g/mol. The summed E-state index contributed by atoms with van der Waals surface area (Å²) in [6, 6.07) is 7.21. The van der Waals surface area contributed by atoms with E-state index in [0.29, 0.717) is 22.6 Å². The predicted octanol–water partition coefficient (Wildman–Crippen LogP) is 4.17. The normalized spacial score (nSPS) is 35.1. The maximum Gasteiger partial charge on any atom is 0.475 e. The van der Waals surface area contributed by atoms with E-state index >= 15 is 0 Å². The molecule has 0 unspecified atom stereocenters. The third-order valence-corrected chi connectivity index (χ3v) is 8.43. The quantitative estimate of drug-likeness (QED) is 0.456. The van der Waals surface area contributed by atoms with E-state index in [9.17, 15) is 4.57 Å². The minimum Gasteiger partial charge on any atom is -0.382 e. The summed E-state index contributed by atoms with van der Waals surface area (Å²) in [5.74, 6) is -0.643. The summed E-state index contributed by atoms with van der Waals surface area (Å²) >= 11 is 6.12. The van der Waals surface area contributed by atoms with Crippen molar-refractivity contribution < 1.29 is 32.3 Å². The van der Waals surface area contributed by atoms with Crippen molar-refractivity contribution in [2.75, 3.05) is 18.9 Å². The molecule has 3 aliphatic rings. The number of hydrogen-bond donors (Lipinski definition) is 1. The van der Waals surface area contributed by atoms with E-state index in [-0.39, 0.29) is 19.0 Å². The van der Waals surface area contributed by atoms with Crippen molar-refractivity contribution in [1.29, 1.82) is 0 Å². The zero-order chi connectivity index (χ0) is 26.0. The Balaban J connectivity index is 1.24. The Morgan fingerprint density at radius 3 is 2.92 bits per heavy atom. The number of hydrogen-bond acceptors (Lipinski definition) is 11. The first-order valence-corrected chi connectivity index (χ1v) is 13.7. The molecule has 0 bridgehead atoms. The zero-order valence-electron chi connectivity index (χ0n) is 20.4. The highest BCUT2D eigenvalue weighted by Crippen LogP contribution is 2.58. The first-order valence-electron chi connectivity index (χ1n) is 11.9. The molecule has 0 spiro atoms. The lowest BCUT2D eigenvalue weighted by Gasteiger charge is -2.30. The number of aromatic nitrogens is 4. The summed E-state index contributed by atoms with van der Waals surface area (Å²) in [5, 5.41) is 0.563. The third-order valence-electron chi connectivity index (χ3n) is 6.72. The van der Waals surface area contributed by atoms with Crippen LogP contribution in [-0.2, 0) is 32.3 Å². The molecule has 198 valence electrons. The Hall–Kier alpha value is -2.15. The number of halogens is 1. The molecule has 3 aliphatic heterocycles. The van der Waals surface area contributed by atoms with Gasteiger partial charge in [-0.2, -0.15) is 0 Å². The van der Waals surface area contributed by atoms with Crippen LogP contribution in [0, 0.1) is 0 Å². The van der Waals surface area contributed by atoms with Gasteiger partial charge in [-0.25, -0.2) is 19.5 Å². The Labute approximate surface area is 217 Å². The van der Waals surface area contributed by atoms with Crippen LogP contribution in [0.5, 0.6) is 0 Å². The topological polar surface area (TPSA) is 142 Å². The number of rotatable bonds is 5. The Kier molecular flexibility index (Phi) is 6.09. The maximum atomic E-state index is 13.4. The van der Waals surface area contributed by atoms with Crippen molar-refractivity contribution in [2.24, 2.45) is 0 Å². The molecule has 2 N–H and O–H groups in total. The molecule has 3 saturated heterocycles. The molecule has 3 aromatic rings. The minimum absolute atomic E-state index is 0.126. The van der Waals surface area contributed by atoms with Crippen molar-refractivity contribution in [3.05, 3.63) is 47.5 Å². The van der Waals surface area contributed by atoms with Crippen LogP contribution in [0.1, 0.15) is 45.1 Å². The molecule has 0 amide bonds. The largest absolute Gasteiger partial charge is 0.475 e. The lowest BCUT2D eigenvalue weighted by atomic mass is 9.96. The van der Waals surface area contributed by atoms with Crippen LogP contribution < -0.4 is 5.73 Å². The number of nitrogens with zero attached hydrogens (tertiary/aromatic N) is 4. The maximum absolute atomic E-state index is 13.4. The lowest BCUT2D eigenvalue weighted by molar-refractivity contribution is -0.217. The van der Waals surface area contributed by atoms with Crippen LogP contribution in [-0.4, -0.2) is 56.3 Å². The lowest BCUT2D eigenvalue weighted by Crippen LogP contribution is -2.42. The van der Waals surface area contributed by atoms with Gasteiger partial charge in [0, 0.05) is 11.4 Å². The van der Waals surface area contributed by atoms with Gasteiger partial charge < -0.3 is 19.9 Å². The summed E-state index contributed by atoms with van der Waals surface area (Å²) in [4.78, 5) is 12.7. The number of nitrogen functional groups attached to an aromatic ring is 1. The molecule has 12 nitrogen and oxygen atoms in total. The summed E-state index contributed by atoms with van der Waals surface area (Å²) in [6.45, 7) is 5.61. The molecule has 0 aliphatic carbocycles. The number of phosphoric ester groups is 1. The van der Waals surface area contributed by atoms with Crippen molar-refractivity contribution in [3.63, 3.8) is 0 Å². The van der Waals surface area contributed by atoms with Gasteiger partial charge in [0.1, 0.15) is 29.7 Å². The molecule has 14 heteroatoms. The van der Waals surface area contributed by atoms with E-state index < -0.39 is 43.8 Å². The average molecular weight is 552 g/mol. The summed E-state index contributed by atoms with van der Waals surface area (Å²) in [6.07, 6.45) is 1.04. The SMILES string of the molecule is CC1(C)O[C@@H]2[C@@H](CO[P@]3(=O)OCC[C@H](c4cccc(Cl)c4)O3)O[C@@H](n3cnc4c(N)ncnc43)[C@]2(C)O1. The highest BCUT2D eigenvalue weighted by molar-refractivity contribution is 7.48. The molecule has 6 atom stereocenters. The molecule has 0 saturated carbocycles. The minimum atomic E-state index is -3.89. The van der Waals surface area contributed by atoms with Gasteiger partial charge in [0.05, 0.1) is 25.6 Å². The first kappa shape index (κ1) is 25.1. The van der Waals surface area contributed by atoms with Crippen molar-refractivity contribution >= 4 is 36.4 Å². The highest BCUT2D eigenvalue weighted by Gasteiger charge is 2.64. The van der Waals surface area contributed by atoms with Crippen LogP contribution in [0.15, 0.2) is 36.9 Å². The van der Waals surface area contributed by atoms with Crippen LogP contribution in [0.3, 0.4) is 0 Å². The second kappa shape index (κ2) is 8.96. The standard InChI is InChI=1S/C23H27ClN5O7P/c1-22(2)34-18-16(10-32-37(30)31-8-7-15(35-37)13-5-4-6-14(24)9-13)33-21(23(18,3)36-22)29-12-28-17-19(25)26-11-27-20(17)29/h4-6,9,11-12,15-16,18,21H,7-8,10H2,1-3H3,(H2,25,26,27)/t15-,16-,18-,21-,23-,37+/m1/s1. The Bertz CT molecular complexity index is 1390. The molecule has 6 rings (SSSR count). The number of fused-ring (bicyclic) bond motifs is 2. The van der Waals surface area contributed by atoms with Crippen LogP contribution >= 0.6 is 19.4 Å². The fraction of sp³-hybridized carbons (Fsp3) is 0.522. The Morgan fingerprint density at radius 2 is 2.11 bits per heavy atom. The van der Waals surface area contributed by atoms with Gasteiger partial charge in [-0.1, -0.05) is 23.7 Å². The summed E-state index contributed by atoms with van der Waals surface area (Å²) in [7, 11) is -3.89. The highest BCUT2D eigenvalue weighted by atomic mass is 35.5. The van der Waals surface area contributed by atoms with E-state index in [2.05, 4.69) is 15.0 Å². The fourth-order valence-corrected chi connectivity index (χ4v) is 6.82. The van der Waals surface area contributed by atoms with Crippen molar-refractivity contribution in [2.45, 2.75) is 63.1 Å². The Morgan fingerprint density at radius 1 is 1.27 bits per heavy atom. The van der Waals surface area contributed by atoms with E-state index in [0.717, 1.165) is 5.56 Å². The predicted molar refractivity (Wildman–Crippen MR) is 131 cm³/mol. The fourth-order valence-electron chi connectivity index (χ4n) is 5.23. The molecule has 3 fully saturated rings. The average Bonchev–Trinajstić information content (AvgIpc) is 3.45. The molecule has 5 heterocycles. The molecular weight excluding hydrogens is 525 g/mol. The van der Waals surface area contributed by atoms with Crippen molar-refractivity contribution in [1.82, 2.24) is 19.5 Å². The van der Waals surface area contributed by atoms with Gasteiger partial charge in [-0.05, 0) is 38.5 Å². The van der Waals surface area contributed by atoms with Crippen molar-refractivity contribution in [3.8, 4) is 0 Å². The van der Waals surface area contributed by atoms with Gasteiger partial charge in [-0.15, -0.1) is 0 Å². The molecular formula is C23H27ClN5O7P. The smallest absolute Gasteiger partial charge is 0.382 e. The number of ether oxygens (including phenoxy) is 3. The van der Waals surface area contributed by atoms with Crippen LogP contribution in [0.4, 0.5) is 5.82 Å². The van der Waals surface area contributed by atoms with E-state index in [1.807, 2.05) is 32.9 Å². The van der Waals surface area contributed by atoms with Crippen LogP contribution in [0.2, 0.25) is 5.02 Å². The number of benzene rings is 1. The van der Waals surface area contributed by atoms with Gasteiger partial charge in [0.2, 0.25) is 0 Å². The molecule has 1 aromatic carbocycles. The summed E-state index contributed by atoms with van der Waals surface area (Å²) in [5.41, 5.74) is 6.76. The second-order valence-corrected chi connectivity index (χ2v) is 11.9. The van der Waals surface area contributed by atoms with Gasteiger partial charge in [-0.3, -0.25) is 18.1 Å². The number of nitrogens with two attached hydrogens (primary N) is 1. The van der Waals surface area contributed by atoms with E-state index in [1.165, 1.54) is 6.33 Å². The number of phosphoric acid groups is 1. The van der Waals surface area contributed by atoms with Crippen LogP contribution in [0.25, 0.3) is 11.2 Å². The van der Waals surface area contributed by atoms with E-state index in [4.69, 9.17) is 45.1 Å². The number of imidazole rings is 1. The third kappa shape index (κ3) is 4.45. The number of anilines is 1. The zero-order valence-corrected chi connectivity index (χ0v) is 22.1. The first-order chi connectivity index (χ1) is 17.6. The van der Waals surface area contributed by atoms with E-state index in [1.54, 1.807) is 23.0 Å². The van der Waals surface area contributed by atoms with Gasteiger partial charge >= 0.3 is 7.82 Å². The molecule has 37 heavy (non-hydrogen) atoms. The second-order valence-electron chi connectivity index (χ2n) is 9.85. The van der Waals surface area contributed by atoms with Gasteiger partial charge in [0.25, 0.3) is 0 Å².